The van der Waals surface area contributed by atoms with Gasteiger partial charge in [0.25, 0.3) is 0 Å². The molecule has 0 aromatic heterocycles. The Morgan fingerprint density at radius 3 is 2.85 bits per heavy atom. The van der Waals surface area contributed by atoms with E-state index in [0.29, 0.717) is 29.4 Å². The highest BCUT2D eigenvalue weighted by Gasteiger charge is 2.14. The van der Waals surface area contributed by atoms with Gasteiger partial charge >= 0.3 is 0 Å². The van der Waals surface area contributed by atoms with E-state index in [-0.39, 0.29) is 18.5 Å². The Hall–Kier alpha value is -1.77. The van der Waals surface area contributed by atoms with Gasteiger partial charge in [0, 0.05) is 24.0 Å². The number of benzene rings is 1. The monoisotopic (exact) mass is 294 g/mol. The third-order valence-corrected chi connectivity index (χ3v) is 3.11. The zero-order valence-corrected chi connectivity index (χ0v) is 12.4. The number of nitrogens with zero attached hydrogens (tertiary/aromatic N) is 2. The highest BCUT2D eigenvalue weighted by atomic mass is 35.5. The van der Waals surface area contributed by atoms with Crippen molar-refractivity contribution in [1.82, 2.24) is 4.90 Å². The topological polar surface area (TPSA) is 82.2 Å². The van der Waals surface area contributed by atoms with E-state index in [1.807, 2.05) is 18.7 Å². The summed E-state index contributed by atoms with van der Waals surface area (Å²) in [5, 5.41) is 11.9. The summed E-state index contributed by atoms with van der Waals surface area (Å²) in [6, 6.07) is 7.20. The molecular weight excluding hydrogens is 276 g/mol. The van der Waals surface area contributed by atoms with Crippen LogP contribution in [0.4, 0.5) is 11.4 Å². The molecule has 0 fully saturated rings. The number of carbonyl (C=O) groups is 1. The SMILES string of the molecule is CC(C)N(CCC#N)CC(=O)Nc1cc(Cl)ccc1N. The molecule has 1 aromatic carbocycles. The number of carbonyl (C=O) groups excluding carboxylic acids is 1. The van der Waals surface area contributed by atoms with Gasteiger partial charge in [-0.15, -0.1) is 0 Å². The third-order valence-electron chi connectivity index (χ3n) is 2.88. The Kier molecular flexibility index (Phi) is 6.29. The van der Waals surface area contributed by atoms with E-state index in [2.05, 4.69) is 11.4 Å². The number of halogens is 1. The second kappa shape index (κ2) is 7.73. The number of rotatable bonds is 6. The number of amides is 1. The fraction of sp³-hybridized carbons (Fsp3) is 0.429. The fourth-order valence-corrected chi connectivity index (χ4v) is 1.90. The molecule has 0 spiro atoms. The van der Waals surface area contributed by atoms with Crippen LogP contribution in [0.2, 0.25) is 5.02 Å². The maximum absolute atomic E-state index is 12.0. The molecule has 0 heterocycles. The van der Waals surface area contributed by atoms with E-state index in [0.717, 1.165) is 0 Å². The predicted octanol–water partition coefficient (Wildman–Crippen LogP) is 2.48. The summed E-state index contributed by atoms with van der Waals surface area (Å²) in [4.78, 5) is 13.9. The largest absolute Gasteiger partial charge is 0.397 e. The predicted molar refractivity (Wildman–Crippen MR) is 81.4 cm³/mol. The fourth-order valence-electron chi connectivity index (χ4n) is 1.72. The molecule has 0 bridgehead atoms. The lowest BCUT2D eigenvalue weighted by Gasteiger charge is -2.24. The summed E-state index contributed by atoms with van der Waals surface area (Å²) in [6.45, 7) is 4.74. The van der Waals surface area contributed by atoms with Crippen LogP contribution in [0.1, 0.15) is 20.3 Å². The van der Waals surface area contributed by atoms with E-state index < -0.39 is 0 Å². The average Bonchev–Trinajstić information content (AvgIpc) is 2.38. The van der Waals surface area contributed by atoms with Crippen LogP contribution in [0.3, 0.4) is 0 Å². The number of nitrogen functional groups attached to an aromatic ring is 1. The molecule has 0 radical (unpaired) electrons. The number of nitriles is 1. The summed E-state index contributed by atoms with van der Waals surface area (Å²) >= 11 is 5.87. The molecule has 0 saturated heterocycles. The van der Waals surface area contributed by atoms with Crippen LogP contribution < -0.4 is 11.1 Å². The Bertz CT molecular complexity index is 510. The molecule has 108 valence electrons. The molecule has 1 rings (SSSR count). The van der Waals surface area contributed by atoms with Crippen molar-refractivity contribution >= 4 is 28.9 Å². The van der Waals surface area contributed by atoms with Gasteiger partial charge in [-0.05, 0) is 32.0 Å². The van der Waals surface area contributed by atoms with Gasteiger partial charge in [-0.2, -0.15) is 5.26 Å². The van der Waals surface area contributed by atoms with Crippen LogP contribution in [0.15, 0.2) is 18.2 Å². The summed E-state index contributed by atoms with van der Waals surface area (Å²) in [5.74, 6) is -0.175. The molecule has 6 heteroatoms. The van der Waals surface area contributed by atoms with Crippen LogP contribution in [-0.2, 0) is 4.79 Å². The minimum absolute atomic E-state index is 0.175. The Labute approximate surface area is 124 Å². The molecule has 20 heavy (non-hydrogen) atoms. The van der Waals surface area contributed by atoms with Crippen LogP contribution >= 0.6 is 11.6 Å². The van der Waals surface area contributed by atoms with E-state index in [1.165, 1.54) is 0 Å². The van der Waals surface area contributed by atoms with Crippen molar-refractivity contribution in [3.05, 3.63) is 23.2 Å². The first-order valence-electron chi connectivity index (χ1n) is 6.40. The van der Waals surface area contributed by atoms with Gasteiger partial charge in [0.2, 0.25) is 5.91 Å². The highest BCUT2D eigenvalue weighted by molar-refractivity contribution is 6.31. The van der Waals surface area contributed by atoms with Crippen LogP contribution in [0.5, 0.6) is 0 Å². The minimum atomic E-state index is -0.175. The summed E-state index contributed by atoms with van der Waals surface area (Å²) in [6.07, 6.45) is 0.394. The molecule has 5 nitrogen and oxygen atoms in total. The Balaban J connectivity index is 2.66. The minimum Gasteiger partial charge on any atom is -0.397 e. The molecule has 0 unspecified atom stereocenters. The van der Waals surface area contributed by atoms with Gasteiger partial charge in [0.15, 0.2) is 0 Å². The van der Waals surface area contributed by atoms with Gasteiger partial charge in [-0.3, -0.25) is 9.69 Å². The first-order valence-corrected chi connectivity index (χ1v) is 6.77. The summed E-state index contributed by atoms with van der Waals surface area (Å²) < 4.78 is 0. The first kappa shape index (κ1) is 16.3. The van der Waals surface area contributed by atoms with Crippen molar-refractivity contribution in [3.63, 3.8) is 0 Å². The molecule has 1 aromatic rings. The Morgan fingerprint density at radius 1 is 1.55 bits per heavy atom. The van der Waals surface area contributed by atoms with Crippen molar-refractivity contribution in [3.8, 4) is 6.07 Å². The number of hydrogen-bond donors (Lipinski definition) is 2. The van der Waals surface area contributed by atoms with Crippen molar-refractivity contribution < 1.29 is 4.79 Å². The molecule has 0 atom stereocenters. The lowest BCUT2D eigenvalue weighted by Crippen LogP contribution is -2.38. The van der Waals surface area contributed by atoms with Gasteiger partial charge < -0.3 is 11.1 Å². The molecular formula is C14H19ClN4O. The molecule has 0 saturated carbocycles. The molecule has 0 aliphatic rings. The Morgan fingerprint density at radius 2 is 2.25 bits per heavy atom. The zero-order chi connectivity index (χ0) is 15.1. The molecule has 3 N–H and O–H groups in total. The third kappa shape index (κ3) is 5.08. The van der Waals surface area contributed by atoms with E-state index in [1.54, 1.807) is 18.2 Å². The zero-order valence-electron chi connectivity index (χ0n) is 11.7. The standard InChI is InChI=1S/C14H19ClN4O/c1-10(2)19(7-3-6-16)9-14(20)18-13-8-11(15)4-5-12(13)17/h4-5,8,10H,3,7,9,17H2,1-2H3,(H,18,20). The number of anilines is 2. The van der Waals surface area contributed by atoms with E-state index >= 15 is 0 Å². The second-order valence-electron chi connectivity index (χ2n) is 4.75. The molecule has 0 aliphatic carbocycles. The van der Waals surface area contributed by atoms with Gasteiger partial charge in [0.1, 0.15) is 0 Å². The average molecular weight is 295 g/mol. The lowest BCUT2D eigenvalue weighted by molar-refractivity contribution is -0.117. The van der Waals surface area contributed by atoms with E-state index in [9.17, 15) is 4.79 Å². The number of nitrogens with one attached hydrogen (secondary N) is 1. The van der Waals surface area contributed by atoms with Gasteiger partial charge in [0.05, 0.1) is 24.0 Å². The maximum Gasteiger partial charge on any atom is 0.238 e. The second-order valence-corrected chi connectivity index (χ2v) is 5.19. The quantitative estimate of drug-likeness (QED) is 0.790. The van der Waals surface area contributed by atoms with Crippen LogP contribution in [-0.4, -0.2) is 29.9 Å². The summed E-state index contributed by atoms with van der Waals surface area (Å²) in [5.41, 5.74) is 6.75. The number of nitrogens with two attached hydrogens (primary N) is 1. The maximum atomic E-state index is 12.0. The van der Waals surface area contributed by atoms with Gasteiger partial charge in [-0.25, -0.2) is 0 Å². The number of hydrogen-bond acceptors (Lipinski definition) is 4. The lowest BCUT2D eigenvalue weighted by atomic mass is 10.2. The molecule has 1 amide bonds. The van der Waals surface area contributed by atoms with Gasteiger partial charge in [-0.1, -0.05) is 11.6 Å². The van der Waals surface area contributed by atoms with Crippen molar-refractivity contribution in [2.45, 2.75) is 26.3 Å². The normalized spacial score (nSPS) is 10.6. The van der Waals surface area contributed by atoms with Crippen molar-refractivity contribution in [1.29, 1.82) is 5.26 Å². The first-order chi connectivity index (χ1) is 9.43. The smallest absolute Gasteiger partial charge is 0.238 e. The van der Waals surface area contributed by atoms with Crippen LogP contribution in [0, 0.1) is 11.3 Å². The molecule has 0 aliphatic heterocycles. The summed E-state index contributed by atoms with van der Waals surface area (Å²) in [7, 11) is 0. The highest BCUT2D eigenvalue weighted by Crippen LogP contribution is 2.22. The van der Waals surface area contributed by atoms with Crippen LogP contribution in [0.25, 0.3) is 0 Å². The van der Waals surface area contributed by atoms with Crippen molar-refractivity contribution in [2.24, 2.45) is 0 Å². The van der Waals surface area contributed by atoms with Crippen molar-refractivity contribution in [2.75, 3.05) is 24.1 Å². The van der Waals surface area contributed by atoms with E-state index in [4.69, 9.17) is 22.6 Å².